The van der Waals surface area contributed by atoms with Crippen LogP contribution in [-0.4, -0.2) is 24.8 Å². The Balaban J connectivity index is 2.01. The van der Waals surface area contributed by atoms with Crippen molar-refractivity contribution >= 4 is 28.3 Å². The lowest BCUT2D eigenvalue weighted by Gasteiger charge is -2.14. The molecule has 0 aliphatic heterocycles. The summed E-state index contributed by atoms with van der Waals surface area (Å²) in [5, 5.41) is 21.0. The molecule has 0 bridgehead atoms. The van der Waals surface area contributed by atoms with Gasteiger partial charge in [0.05, 0.1) is 15.9 Å². The number of nitro benzene ring substituents is 1. The number of non-ortho nitro benzene ring substituents is 1. The first-order valence-corrected chi connectivity index (χ1v) is 11.1. The smallest absolute Gasteiger partial charge is 0.279 e. The van der Waals surface area contributed by atoms with Gasteiger partial charge in [-0.05, 0) is 43.2 Å². The third-order valence-corrected chi connectivity index (χ3v) is 5.74. The Morgan fingerprint density at radius 2 is 1.94 bits per heavy atom. The number of nitro groups is 1. The van der Waals surface area contributed by atoms with Crippen LogP contribution in [0, 0.1) is 28.4 Å². The second-order valence-electron chi connectivity index (χ2n) is 8.11. The van der Waals surface area contributed by atoms with Gasteiger partial charge in [0.25, 0.3) is 17.2 Å². The molecular formula is C25H22N6O4. The number of amides is 1. The molecule has 0 saturated heterocycles. The van der Waals surface area contributed by atoms with Gasteiger partial charge in [0.15, 0.2) is 5.49 Å². The predicted octanol–water partition coefficient (Wildman–Crippen LogP) is 3.67. The van der Waals surface area contributed by atoms with Crippen molar-refractivity contribution in [1.82, 2.24) is 14.0 Å². The molecule has 35 heavy (non-hydrogen) atoms. The maximum atomic E-state index is 13.3. The van der Waals surface area contributed by atoms with E-state index in [2.05, 4.69) is 18.0 Å². The van der Waals surface area contributed by atoms with Gasteiger partial charge in [-0.2, -0.15) is 10.3 Å². The van der Waals surface area contributed by atoms with E-state index in [1.54, 1.807) is 16.8 Å². The second kappa shape index (κ2) is 9.69. The van der Waals surface area contributed by atoms with Crippen molar-refractivity contribution in [3.8, 4) is 6.07 Å². The highest BCUT2D eigenvalue weighted by Gasteiger charge is 2.16. The van der Waals surface area contributed by atoms with Crippen LogP contribution in [0.1, 0.15) is 47.7 Å². The van der Waals surface area contributed by atoms with E-state index in [0.29, 0.717) is 17.8 Å². The zero-order valence-electron chi connectivity index (χ0n) is 19.3. The summed E-state index contributed by atoms with van der Waals surface area (Å²) in [6.07, 6.45) is 4.20. The van der Waals surface area contributed by atoms with Gasteiger partial charge in [-0.1, -0.05) is 25.8 Å². The van der Waals surface area contributed by atoms with Crippen LogP contribution in [0.4, 0.5) is 5.69 Å². The molecule has 0 N–H and O–H groups in total. The highest BCUT2D eigenvalue weighted by atomic mass is 16.6. The van der Waals surface area contributed by atoms with E-state index in [-0.39, 0.29) is 33.2 Å². The lowest BCUT2D eigenvalue weighted by Crippen LogP contribution is -2.29. The fourth-order valence-corrected chi connectivity index (χ4v) is 3.91. The van der Waals surface area contributed by atoms with E-state index in [9.17, 15) is 25.0 Å². The van der Waals surface area contributed by atoms with Crippen molar-refractivity contribution in [3.63, 3.8) is 0 Å². The molecule has 3 heterocycles. The van der Waals surface area contributed by atoms with Crippen molar-refractivity contribution in [2.75, 3.05) is 0 Å². The number of aromatic nitrogens is 3. The number of nitrogens with zero attached hydrogens (tertiary/aromatic N) is 6. The van der Waals surface area contributed by atoms with Crippen molar-refractivity contribution in [2.45, 2.75) is 39.7 Å². The summed E-state index contributed by atoms with van der Waals surface area (Å²) >= 11 is 0. The van der Waals surface area contributed by atoms with E-state index < -0.39 is 10.8 Å². The fraction of sp³-hybridized carbons (Fsp3) is 0.240. The Hall–Kier alpha value is -4.65. The number of nitriles is 1. The highest BCUT2D eigenvalue weighted by Crippen LogP contribution is 2.15. The summed E-state index contributed by atoms with van der Waals surface area (Å²) in [6, 6.07) is 12.2. The first-order chi connectivity index (χ1) is 16.8. The van der Waals surface area contributed by atoms with Gasteiger partial charge >= 0.3 is 0 Å². The number of benzene rings is 1. The summed E-state index contributed by atoms with van der Waals surface area (Å²) in [4.78, 5) is 45.6. The minimum absolute atomic E-state index is 0.0655. The number of carbonyl (C=O) groups is 1. The van der Waals surface area contributed by atoms with Gasteiger partial charge in [-0.3, -0.25) is 24.1 Å². The molecule has 1 amide bonds. The Morgan fingerprint density at radius 1 is 1.20 bits per heavy atom. The van der Waals surface area contributed by atoms with Crippen LogP contribution in [0.15, 0.2) is 58.4 Å². The summed E-state index contributed by atoms with van der Waals surface area (Å²) in [6.45, 7) is 4.31. The second-order valence-corrected chi connectivity index (χ2v) is 8.11. The Bertz CT molecular complexity index is 1640. The lowest BCUT2D eigenvalue weighted by atomic mass is 10.2. The molecule has 0 aliphatic carbocycles. The summed E-state index contributed by atoms with van der Waals surface area (Å²) < 4.78 is 3.09. The number of unbranched alkanes of at least 4 members (excludes halogenated alkanes) is 2. The highest BCUT2D eigenvalue weighted by molar-refractivity contribution is 5.95. The van der Waals surface area contributed by atoms with Crippen LogP contribution in [0.2, 0.25) is 0 Å². The first-order valence-electron chi connectivity index (χ1n) is 11.1. The molecule has 0 fully saturated rings. The van der Waals surface area contributed by atoms with E-state index >= 15 is 0 Å². The zero-order chi connectivity index (χ0) is 25.1. The lowest BCUT2D eigenvalue weighted by molar-refractivity contribution is -0.384. The van der Waals surface area contributed by atoms with Crippen LogP contribution in [0.25, 0.3) is 16.7 Å². The minimum atomic E-state index is -0.659. The summed E-state index contributed by atoms with van der Waals surface area (Å²) in [5.74, 6) is -0.659. The first kappa shape index (κ1) is 23.5. The standard InChI is InChI=1S/C25H22N6O4/c1-3-4-5-12-29-22(28-24(32)17-8-10-19(11-9-17)31(34)35)18(15-26)14-20-23(29)27-21-16(2)7-6-13-30(21)25(20)33/h6-11,13-14H,3-5,12H2,1-2H3. The third kappa shape index (κ3) is 4.44. The van der Waals surface area contributed by atoms with Crippen molar-refractivity contribution < 1.29 is 9.72 Å². The summed E-state index contributed by atoms with van der Waals surface area (Å²) in [5.41, 5.74) is 1.47. The molecule has 3 aromatic heterocycles. The van der Waals surface area contributed by atoms with Crippen LogP contribution < -0.4 is 11.0 Å². The van der Waals surface area contributed by atoms with Crippen LogP contribution in [0.5, 0.6) is 0 Å². The monoisotopic (exact) mass is 470 g/mol. The quantitative estimate of drug-likeness (QED) is 0.183. The Labute approximate surface area is 199 Å². The van der Waals surface area contributed by atoms with Gasteiger partial charge in [0.2, 0.25) is 0 Å². The summed E-state index contributed by atoms with van der Waals surface area (Å²) in [7, 11) is 0. The van der Waals surface area contributed by atoms with Crippen LogP contribution >= 0.6 is 0 Å². The molecule has 0 saturated carbocycles. The molecule has 0 atom stereocenters. The zero-order valence-corrected chi connectivity index (χ0v) is 19.3. The van der Waals surface area contributed by atoms with Crippen molar-refractivity contribution in [1.29, 1.82) is 5.26 Å². The molecule has 10 nitrogen and oxygen atoms in total. The molecule has 1 aromatic carbocycles. The third-order valence-electron chi connectivity index (χ3n) is 5.74. The van der Waals surface area contributed by atoms with Crippen LogP contribution in [-0.2, 0) is 6.54 Å². The Kier molecular flexibility index (Phi) is 6.51. The van der Waals surface area contributed by atoms with Gasteiger partial charge in [0.1, 0.15) is 17.4 Å². The van der Waals surface area contributed by atoms with E-state index in [4.69, 9.17) is 4.98 Å². The minimum Gasteiger partial charge on any atom is -0.309 e. The average Bonchev–Trinajstić information content (AvgIpc) is 2.86. The predicted molar refractivity (Wildman–Crippen MR) is 129 cm³/mol. The van der Waals surface area contributed by atoms with Crippen molar-refractivity contribution in [3.05, 3.63) is 91.3 Å². The normalized spacial score (nSPS) is 11.6. The van der Waals surface area contributed by atoms with Gasteiger partial charge in [-0.15, -0.1) is 0 Å². The fourth-order valence-electron chi connectivity index (χ4n) is 3.91. The molecule has 10 heteroatoms. The maximum absolute atomic E-state index is 13.3. The largest absolute Gasteiger partial charge is 0.309 e. The Morgan fingerprint density at radius 3 is 2.60 bits per heavy atom. The number of hydrogen-bond acceptors (Lipinski definition) is 6. The van der Waals surface area contributed by atoms with Crippen LogP contribution in [0.3, 0.4) is 0 Å². The molecule has 176 valence electrons. The number of aryl methyl sites for hydroxylation is 2. The molecule has 0 radical (unpaired) electrons. The number of hydrogen-bond donors (Lipinski definition) is 0. The number of fused-ring (bicyclic) bond motifs is 2. The maximum Gasteiger partial charge on any atom is 0.279 e. The van der Waals surface area contributed by atoms with Gasteiger partial charge < -0.3 is 4.57 Å². The van der Waals surface area contributed by atoms with Crippen molar-refractivity contribution in [2.24, 2.45) is 4.99 Å². The van der Waals surface area contributed by atoms with E-state index in [0.717, 1.165) is 24.8 Å². The molecule has 4 aromatic rings. The molecule has 0 aliphatic rings. The topological polar surface area (TPSA) is 136 Å². The average molecular weight is 470 g/mol. The van der Waals surface area contributed by atoms with E-state index in [1.807, 2.05) is 13.0 Å². The number of pyridine rings is 2. The number of carbonyl (C=O) groups excluding carboxylic acids is 1. The van der Waals surface area contributed by atoms with Gasteiger partial charge in [0, 0.05) is 30.4 Å². The molecule has 4 rings (SSSR count). The van der Waals surface area contributed by atoms with Gasteiger partial charge in [-0.25, -0.2) is 4.98 Å². The molecule has 0 spiro atoms. The molecular weight excluding hydrogens is 448 g/mol. The molecule has 0 unspecified atom stereocenters. The number of rotatable bonds is 6. The SMILES string of the molecule is CCCCCn1c(=NC(=O)c2ccc([N+](=O)[O-])cc2)c(C#N)cc2c(=O)n3cccc(C)c3nc21. The van der Waals surface area contributed by atoms with E-state index in [1.165, 1.54) is 34.7 Å².